The summed E-state index contributed by atoms with van der Waals surface area (Å²) in [5, 5.41) is 6.18. The van der Waals surface area contributed by atoms with Gasteiger partial charge in [-0.05, 0) is 37.3 Å². The van der Waals surface area contributed by atoms with E-state index in [9.17, 15) is 14.4 Å². The maximum Gasteiger partial charge on any atom is 0.246 e. The van der Waals surface area contributed by atoms with Crippen molar-refractivity contribution >= 4 is 23.4 Å². The highest BCUT2D eigenvalue weighted by Gasteiger charge is 2.72. The van der Waals surface area contributed by atoms with Crippen molar-refractivity contribution in [3.63, 3.8) is 0 Å². The minimum atomic E-state index is -1.12. The molecule has 3 fully saturated rings. The molecule has 188 valence electrons. The second-order valence-corrected chi connectivity index (χ2v) is 10.3. The van der Waals surface area contributed by atoms with Crippen LogP contribution in [0.15, 0.2) is 36.4 Å². The van der Waals surface area contributed by atoms with Gasteiger partial charge in [-0.25, -0.2) is 0 Å². The van der Waals surface area contributed by atoms with Gasteiger partial charge in [0.25, 0.3) is 0 Å². The minimum Gasteiger partial charge on any atom is -0.497 e. The number of amides is 3. The van der Waals surface area contributed by atoms with Gasteiger partial charge in [-0.1, -0.05) is 44.9 Å². The van der Waals surface area contributed by atoms with Crippen LogP contribution in [0, 0.1) is 17.8 Å². The lowest BCUT2D eigenvalue weighted by molar-refractivity contribution is -0.141. The maximum atomic E-state index is 13.7. The average molecular weight is 482 g/mol. The third kappa shape index (κ3) is 3.92. The van der Waals surface area contributed by atoms with E-state index in [2.05, 4.69) is 17.6 Å². The standard InChI is InChI=1S/C27H35N3O5/c1-4-14-30-23(25(32)29-19-11-6-5-8-16(19)2)27-13-12-20(35-27)21(22(27)26(30)33)24(31)28-17-9-7-10-18(15-17)34-3/h7,9-10,12-13,15-16,19-23H,4-6,8,11,14H2,1-3H3,(H,28,31)(H,29,32)/t16-,19+,20+,21+,22+,23-,27-/m0/s1. The first-order chi connectivity index (χ1) is 16.9. The van der Waals surface area contributed by atoms with Crippen molar-refractivity contribution < 1.29 is 23.9 Å². The Morgan fingerprint density at radius 3 is 2.77 bits per heavy atom. The van der Waals surface area contributed by atoms with E-state index in [1.54, 1.807) is 36.3 Å². The van der Waals surface area contributed by atoms with Gasteiger partial charge in [-0.3, -0.25) is 14.4 Å². The summed E-state index contributed by atoms with van der Waals surface area (Å²) in [4.78, 5) is 42.5. The summed E-state index contributed by atoms with van der Waals surface area (Å²) < 4.78 is 11.6. The van der Waals surface area contributed by atoms with Crippen LogP contribution < -0.4 is 15.4 Å². The molecular formula is C27H35N3O5. The second kappa shape index (κ2) is 9.30. The number of anilines is 1. The number of nitrogens with one attached hydrogen (secondary N) is 2. The number of rotatable bonds is 7. The molecule has 3 amide bonds. The number of hydrogen-bond donors (Lipinski definition) is 2. The SMILES string of the molecule is CCCN1C(=O)[C@H]2[C@H](C(=O)Nc3cccc(OC)c3)[C@H]3C=C[C@@]2(O3)[C@@H]1C(=O)N[C@@H]1CCCC[C@@H]1C. The number of likely N-dealkylation sites (tertiary alicyclic amines) is 1. The molecule has 0 unspecified atom stereocenters. The van der Waals surface area contributed by atoms with Gasteiger partial charge in [0.2, 0.25) is 17.7 Å². The molecule has 8 heteroatoms. The van der Waals surface area contributed by atoms with Crippen molar-refractivity contribution in [3.05, 3.63) is 36.4 Å². The molecule has 8 nitrogen and oxygen atoms in total. The summed E-state index contributed by atoms with van der Waals surface area (Å²) in [6.45, 7) is 4.60. The first-order valence-electron chi connectivity index (χ1n) is 12.8. The zero-order valence-corrected chi connectivity index (χ0v) is 20.7. The second-order valence-electron chi connectivity index (χ2n) is 10.3. The lowest BCUT2D eigenvalue weighted by Crippen LogP contribution is -2.57. The van der Waals surface area contributed by atoms with Crippen molar-refractivity contribution in [2.24, 2.45) is 17.8 Å². The van der Waals surface area contributed by atoms with Gasteiger partial charge in [0, 0.05) is 24.3 Å². The number of fused-ring (bicyclic) bond motifs is 1. The first kappa shape index (κ1) is 23.9. The zero-order chi connectivity index (χ0) is 24.7. The predicted molar refractivity (Wildman–Crippen MR) is 131 cm³/mol. The molecule has 1 aromatic rings. The summed E-state index contributed by atoms with van der Waals surface area (Å²) in [5.74, 6) is -1.04. The molecule has 3 heterocycles. The van der Waals surface area contributed by atoms with Gasteiger partial charge < -0.3 is 25.0 Å². The van der Waals surface area contributed by atoms with E-state index in [0.29, 0.717) is 30.3 Å². The van der Waals surface area contributed by atoms with E-state index in [1.165, 1.54) is 6.42 Å². The average Bonchev–Trinajstić information content (AvgIpc) is 3.48. The highest BCUT2D eigenvalue weighted by Crippen LogP contribution is 2.55. The summed E-state index contributed by atoms with van der Waals surface area (Å²) >= 11 is 0. The molecule has 1 saturated carbocycles. The van der Waals surface area contributed by atoms with E-state index in [0.717, 1.165) is 19.3 Å². The molecule has 3 aliphatic heterocycles. The van der Waals surface area contributed by atoms with Crippen LogP contribution in [0.25, 0.3) is 0 Å². The molecule has 4 aliphatic rings. The molecule has 1 aromatic carbocycles. The molecule has 1 aliphatic carbocycles. The van der Waals surface area contributed by atoms with Crippen molar-refractivity contribution in [1.82, 2.24) is 10.2 Å². The van der Waals surface area contributed by atoms with Crippen LogP contribution in [0.5, 0.6) is 5.75 Å². The largest absolute Gasteiger partial charge is 0.497 e. The Labute approximate surface area is 206 Å². The van der Waals surface area contributed by atoms with Gasteiger partial charge in [-0.15, -0.1) is 0 Å². The summed E-state index contributed by atoms with van der Waals surface area (Å²) in [5.41, 5.74) is -0.526. The molecule has 5 rings (SSSR count). The number of nitrogens with zero attached hydrogens (tertiary/aromatic N) is 1. The van der Waals surface area contributed by atoms with Crippen LogP contribution in [0.2, 0.25) is 0 Å². The van der Waals surface area contributed by atoms with E-state index >= 15 is 0 Å². The Balaban J connectivity index is 1.42. The molecule has 35 heavy (non-hydrogen) atoms. The van der Waals surface area contributed by atoms with Crippen molar-refractivity contribution in [1.29, 1.82) is 0 Å². The Hall–Kier alpha value is -2.87. The molecule has 2 saturated heterocycles. The van der Waals surface area contributed by atoms with E-state index in [-0.39, 0.29) is 23.8 Å². The van der Waals surface area contributed by atoms with E-state index < -0.39 is 29.6 Å². The van der Waals surface area contributed by atoms with Crippen LogP contribution in [-0.4, -0.2) is 60.1 Å². The van der Waals surface area contributed by atoms with Crippen molar-refractivity contribution in [2.75, 3.05) is 19.0 Å². The fourth-order valence-electron chi connectivity index (χ4n) is 6.47. The third-order valence-electron chi connectivity index (χ3n) is 8.17. The maximum absolute atomic E-state index is 13.7. The topological polar surface area (TPSA) is 97.0 Å². The van der Waals surface area contributed by atoms with Crippen molar-refractivity contribution in [3.8, 4) is 5.75 Å². The third-order valence-corrected chi connectivity index (χ3v) is 8.17. The van der Waals surface area contributed by atoms with Crippen LogP contribution in [0.1, 0.15) is 46.0 Å². The molecule has 2 N–H and O–H groups in total. The van der Waals surface area contributed by atoms with Crippen LogP contribution in [-0.2, 0) is 19.1 Å². The summed E-state index contributed by atoms with van der Waals surface area (Å²) in [6, 6.07) is 6.43. The van der Waals surface area contributed by atoms with Gasteiger partial charge in [0.05, 0.1) is 25.0 Å². The molecule has 0 radical (unpaired) electrons. The van der Waals surface area contributed by atoms with E-state index in [4.69, 9.17) is 9.47 Å². The van der Waals surface area contributed by atoms with Crippen LogP contribution in [0.4, 0.5) is 5.69 Å². The summed E-state index contributed by atoms with van der Waals surface area (Å²) in [7, 11) is 1.57. The number of methoxy groups -OCH3 is 1. The molecule has 7 atom stereocenters. The van der Waals surface area contributed by atoms with Crippen molar-refractivity contribution in [2.45, 2.75) is 69.7 Å². The molecule has 0 aromatic heterocycles. The zero-order valence-electron chi connectivity index (χ0n) is 20.7. The monoisotopic (exact) mass is 481 g/mol. The highest BCUT2D eigenvalue weighted by atomic mass is 16.5. The number of ether oxygens (including phenoxy) is 2. The molecular weight excluding hydrogens is 446 g/mol. The van der Waals surface area contributed by atoms with Gasteiger partial charge in [0.1, 0.15) is 17.4 Å². The lowest BCUT2D eigenvalue weighted by atomic mass is 9.74. The highest BCUT2D eigenvalue weighted by molar-refractivity contribution is 6.02. The van der Waals surface area contributed by atoms with Gasteiger partial charge >= 0.3 is 0 Å². The van der Waals surface area contributed by atoms with Crippen LogP contribution >= 0.6 is 0 Å². The fraction of sp³-hybridized carbons (Fsp3) is 0.593. The normalized spacial score (nSPS) is 35.2. The summed E-state index contributed by atoms with van der Waals surface area (Å²) in [6.07, 6.45) is 8.19. The lowest BCUT2D eigenvalue weighted by Gasteiger charge is -2.35. The fourth-order valence-corrected chi connectivity index (χ4v) is 6.47. The number of benzene rings is 1. The Bertz CT molecular complexity index is 1040. The number of hydrogen-bond acceptors (Lipinski definition) is 5. The Morgan fingerprint density at radius 1 is 1.23 bits per heavy atom. The van der Waals surface area contributed by atoms with Gasteiger partial charge in [0.15, 0.2) is 0 Å². The Morgan fingerprint density at radius 2 is 2.03 bits per heavy atom. The number of carbonyl (C=O) groups is 3. The quantitative estimate of drug-likeness (QED) is 0.584. The molecule has 2 bridgehead atoms. The van der Waals surface area contributed by atoms with Crippen LogP contribution in [0.3, 0.4) is 0 Å². The Kier molecular flexibility index (Phi) is 6.34. The number of carbonyl (C=O) groups excluding carboxylic acids is 3. The van der Waals surface area contributed by atoms with E-state index in [1.807, 2.05) is 19.1 Å². The van der Waals surface area contributed by atoms with Gasteiger partial charge in [-0.2, -0.15) is 0 Å². The predicted octanol–water partition coefficient (Wildman–Crippen LogP) is 2.89. The minimum absolute atomic E-state index is 0.0972. The first-order valence-corrected chi connectivity index (χ1v) is 12.8. The smallest absolute Gasteiger partial charge is 0.246 e. The molecule has 1 spiro atoms.